The summed E-state index contributed by atoms with van der Waals surface area (Å²) in [6.07, 6.45) is 3.68. The molecule has 0 saturated carbocycles. The average molecular weight is 317 g/mol. The van der Waals surface area contributed by atoms with Crippen LogP contribution in [0.5, 0.6) is 0 Å². The van der Waals surface area contributed by atoms with E-state index in [-0.39, 0.29) is 18.4 Å². The van der Waals surface area contributed by atoms with Crippen LogP contribution in [0.15, 0.2) is 30.3 Å². The normalized spacial score (nSPS) is 12.8. The lowest BCUT2D eigenvalue weighted by molar-refractivity contribution is 0.144. The van der Waals surface area contributed by atoms with E-state index in [0.29, 0.717) is 5.02 Å². The van der Waals surface area contributed by atoms with Crippen molar-refractivity contribution in [1.29, 1.82) is 0 Å². The smallest absolute Gasteiger partial charge is 0.306 e. The Kier molecular flexibility index (Phi) is 6.97. The van der Waals surface area contributed by atoms with E-state index >= 15 is 0 Å². The van der Waals surface area contributed by atoms with Crippen LogP contribution in [0.25, 0.3) is 6.08 Å². The van der Waals surface area contributed by atoms with Gasteiger partial charge < -0.3 is 9.05 Å². The zero-order chi connectivity index (χ0) is 15.2. The third-order valence-corrected chi connectivity index (χ3v) is 4.65. The first-order valence-electron chi connectivity index (χ1n) is 6.69. The Morgan fingerprint density at radius 1 is 1.10 bits per heavy atom. The lowest BCUT2D eigenvalue weighted by atomic mass is 10.2. The third-order valence-electron chi connectivity index (χ3n) is 2.25. The Balaban J connectivity index is 2.70. The summed E-state index contributed by atoms with van der Waals surface area (Å²) in [6.45, 7) is 7.39. The Bertz CT molecular complexity index is 466. The molecule has 0 aliphatic rings. The van der Waals surface area contributed by atoms with Crippen LogP contribution in [-0.4, -0.2) is 18.4 Å². The lowest BCUT2D eigenvalue weighted by Gasteiger charge is -2.21. The van der Waals surface area contributed by atoms with Gasteiger partial charge in [0.05, 0.1) is 18.4 Å². The van der Waals surface area contributed by atoms with Gasteiger partial charge in [-0.1, -0.05) is 35.9 Å². The first-order chi connectivity index (χ1) is 9.31. The van der Waals surface area contributed by atoms with E-state index in [4.69, 9.17) is 20.6 Å². The molecule has 0 aliphatic carbocycles. The van der Waals surface area contributed by atoms with E-state index in [1.807, 2.05) is 64.1 Å². The summed E-state index contributed by atoms with van der Waals surface area (Å²) in [6, 6.07) is 7.43. The van der Waals surface area contributed by atoms with E-state index < -0.39 is 7.60 Å². The number of allylic oxidation sites excluding steroid dienone is 1. The quantitative estimate of drug-likeness (QED) is 0.632. The summed E-state index contributed by atoms with van der Waals surface area (Å²) < 4.78 is 23.5. The van der Waals surface area contributed by atoms with Gasteiger partial charge in [-0.15, -0.1) is 0 Å². The highest BCUT2D eigenvalue weighted by Gasteiger charge is 2.25. The van der Waals surface area contributed by atoms with Crippen molar-refractivity contribution in [2.75, 3.05) is 6.16 Å². The molecule has 0 spiro atoms. The highest BCUT2D eigenvalue weighted by Crippen LogP contribution is 2.50. The van der Waals surface area contributed by atoms with Gasteiger partial charge >= 0.3 is 7.60 Å². The van der Waals surface area contributed by atoms with Crippen LogP contribution in [-0.2, 0) is 13.6 Å². The standard InChI is InChI=1S/C15H22ClO3P/c1-12(2)18-20(17,19-13(3)4)11-5-6-14-7-9-15(16)10-8-14/h5-10,12-13H,11H2,1-4H3/b6-5+. The van der Waals surface area contributed by atoms with Crippen LogP contribution in [0.4, 0.5) is 0 Å². The fourth-order valence-electron chi connectivity index (χ4n) is 1.65. The zero-order valence-electron chi connectivity index (χ0n) is 12.4. The van der Waals surface area contributed by atoms with Gasteiger partial charge in [0.25, 0.3) is 0 Å². The van der Waals surface area contributed by atoms with E-state index in [0.717, 1.165) is 5.56 Å². The monoisotopic (exact) mass is 316 g/mol. The highest BCUT2D eigenvalue weighted by molar-refractivity contribution is 7.54. The number of benzene rings is 1. The first kappa shape index (κ1) is 17.5. The molecule has 1 aromatic rings. The van der Waals surface area contributed by atoms with Crippen LogP contribution in [0.1, 0.15) is 33.3 Å². The minimum absolute atomic E-state index is 0.136. The second-order valence-electron chi connectivity index (χ2n) is 5.06. The largest absolute Gasteiger partial charge is 0.334 e. The predicted molar refractivity (Wildman–Crippen MR) is 85.4 cm³/mol. The zero-order valence-corrected chi connectivity index (χ0v) is 14.0. The fourth-order valence-corrected chi connectivity index (χ4v) is 3.64. The van der Waals surface area contributed by atoms with E-state index in [9.17, 15) is 4.57 Å². The average Bonchev–Trinajstić information content (AvgIpc) is 2.29. The van der Waals surface area contributed by atoms with E-state index in [2.05, 4.69) is 0 Å². The van der Waals surface area contributed by atoms with Gasteiger partial charge in [0.15, 0.2) is 0 Å². The maximum Gasteiger partial charge on any atom is 0.334 e. The summed E-state index contributed by atoms with van der Waals surface area (Å²) in [5.41, 5.74) is 0.995. The topological polar surface area (TPSA) is 35.5 Å². The van der Waals surface area contributed by atoms with Gasteiger partial charge in [0, 0.05) is 5.02 Å². The van der Waals surface area contributed by atoms with Gasteiger partial charge in [-0.25, -0.2) is 0 Å². The molecule has 20 heavy (non-hydrogen) atoms. The van der Waals surface area contributed by atoms with Gasteiger partial charge in [-0.3, -0.25) is 4.57 Å². The van der Waals surface area contributed by atoms with Gasteiger partial charge in [0.2, 0.25) is 0 Å². The molecule has 112 valence electrons. The first-order valence-corrected chi connectivity index (χ1v) is 8.79. The lowest BCUT2D eigenvalue weighted by Crippen LogP contribution is -2.09. The highest BCUT2D eigenvalue weighted by atomic mass is 35.5. The molecule has 0 saturated heterocycles. The summed E-state index contributed by atoms with van der Waals surface area (Å²) in [5, 5.41) is 0.694. The number of hydrogen-bond donors (Lipinski definition) is 0. The van der Waals surface area contributed by atoms with Crippen molar-refractivity contribution >= 4 is 25.3 Å². The SMILES string of the molecule is CC(C)OP(=O)(C/C=C/c1ccc(Cl)cc1)OC(C)C. The molecule has 0 amide bonds. The minimum atomic E-state index is -3.09. The maximum atomic E-state index is 12.6. The molecule has 0 bridgehead atoms. The Morgan fingerprint density at radius 2 is 1.60 bits per heavy atom. The molecular formula is C15H22ClO3P. The van der Waals surface area contributed by atoms with Crippen molar-refractivity contribution < 1.29 is 13.6 Å². The van der Waals surface area contributed by atoms with Crippen molar-refractivity contribution in [3.63, 3.8) is 0 Å². The molecule has 0 aromatic heterocycles. The summed E-state index contributed by atoms with van der Waals surface area (Å²) in [5.74, 6) is 0. The van der Waals surface area contributed by atoms with Crippen molar-refractivity contribution in [1.82, 2.24) is 0 Å². The molecule has 5 heteroatoms. The molecule has 0 fully saturated rings. The number of rotatable bonds is 7. The molecule has 0 radical (unpaired) electrons. The minimum Gasteiger partial charge on any atom is -0.306 e. The summed E-state index contributed by atoms with van der Waals surface area (Å²) in [4.78, 5) is 0. The second-order valence-corrected chi connectivity index (χ2v) is 7.50. The van der Waals surface area contributed by atoms with Crippen LogP contribution in [0, 0.1) is 0 Å². The van der Waals surface area contributed by atoms with E-state index in [1.54, 1.807) is 0 Å². The Morgan fingerprint density at radius 3 is 2.05 bits per heavy atom. The van der Waals surface area contributed by atoms with Gasteiger partial charge in [-0.2, -0.15) is 0 Å². The van der Waals surface area contributed by atoms with Crippen molar-refractivity contribution in [2.45, 2.75) is 39.9 Å². The molecule has 3 nitrogen and oxygen atoms in total. The predicted octanol–water partition coefficient (Wildman–Crippen LogP) is 5.40. The molecule has 0 N–H and O–H groups in total. The van der Waals surface area contributed by atoms with E-state index in [1.165, 1.54) is 0 Å². The van der Waals surface area contributed by atoms with Gasteiger partial charge in [-0.05, 0) is 45.4 Å². The van der Waals surface area contributed by atoms with Gasteiger partial charge in [0.1, 0.15) is 0 Å². The van der Waals surface area contributed by atoms with Crippen molar-refractivity contribution in [3.05, 3.63) is 40.9 Å². The summed E-state index contributed by atoms with van der Waals surface area (Å²) >= 11 is 5.82. The third kappa shape index (κ3) is 6.71. The van der Waals surface area contributed by atoms with Crippen LogP contribution in [0.3, 0.4) is 0 Å². The van der Waals surface area contributed by atoms with Crippen molar-refractivity contribution in [2.24, 2.45) is 0 Å². The van der Waals surface area contributed by atoms with Crippen LogP contribution >= 0.6 is 19.2 Å². The Hall–Kier alpha value is -0.600. The molecule has 0 heterocycles. The molecule has 0 atom stereocenters. The molecule has 1 aromatic carbocycles. The molecule has 0 aliphatic heterocycles. The molecule has 0 unspecified atom stereocenters. The second kappa shape index (κ2) is 7.99. The fraction of sp³-hybridized carbons (Fsp3) is 0.467. The number of halogens is 1. The summed E-state index contributed by atoms with van der Waals surface area (Å²) in [7, 11) is -3.09. The van der Waals surface area contributed by atoms with Crippen molar-refractivity contribution in [3.8, 4) is 0 Å². The van der Waals surface area contributed by atoms with Crippen LogP contribution in [0.2, 0.25) is 5.02 Å². The Labute approximate surface area is 126 Å². The molecule has 1 rings (SSSR count). The molecular weight excluding hydrogens is 295 g/mol. The maximum absolute atomic E-state index is 12.6. The number of hydrogen-bond acceptors (Lipinski definition) is 3. The van der Waals surface area contributed by atoms with Crippen LogP contribution < -0.4 is 0 Å².